The highest BCUT2D eigenvalue weighted by Crippen LogP contribution is 2.33. The van der Waals surface area contributed by atoms with Crippen LogP contribution in [0.4, 0.5) is 9.93 Å². The van der Waals surface area contributed by atoms with E-state index in [1.54, 1.807) is 24.7 Å². The molecule has 0 aromatic carbocycles. The Labute approximate surface area is 183 Å². The number of rotatable bonds is 6. The standard InChI is InChI=1S/C21H23N5O2S2/c1-13-7-8-16(15(11-13)18(27)14-5-2-3-6-14)25-19(28)26-21-24-12-17(30-21)29-20-22-9-4-10-23-20/h4,7-12,14-16H,2-3,5-6H2,1H3,(H2,24,25,26,28). The topological polar surface area (TPSA) is 96.9 Å². The Bertz CT molecular complexity index is 967. The molecule has 1 fully saturated rings. The minimum Gasteiger partial charge on any atom is -0.331 e. The zero-order valence-electron chi connectivity index (χ0n) is 16.6. The molecule has 2 unspecified atom stereocenters. The third-order valence-electron chi connectivity index (χ3n) is 5.22. The normalized spacial score (nSPS) is 21.3. The highest BCUT2D eigenvalue weighted by Gasteiger charge is 2.34. The minimum atomic E-state index is -0.372. The Morgan fingerprint density at radius 2 is 1.93 bits per heavy atom. The van der Waals surface area contributed by atoms with Crippen LogP contribution in [0.1, 0.15) is 32.6 Å². The maximum atomic E-state index is 13.0. The summed E-state index contributed by atoms with van der Waals surface area (Å²) in [6, 6.07) is 1.03. The van der Waals surface area contributed by atoms with Crippen LogP contribution in [0.3, 0.4) is 0 Å². The molecule has 7 nitrogen and oxygen atoms in total. The zero-order chi connectivity index (χ0) is 20.9. The molecule has 2 aromatic rings. The second kappa shape index (κ2) is 9.53. The molecular weight excluding hydrogens is 418 g/mol. The van der Waals surface area contributed by atoms with Crippen molar-refractivity contribution in [3.8, 4) is 0 Å². The molecule has 30 heavy (non-hydrogen) atoms. The zero-order valence-corrected chi connectivity index (χ0v) is 18.2. The van der Waals surface area contributed by atoms with Crippen LogP contribution >= 0.6 is 23.1 Å². The van der Waals surface area contributed by atoms with Crippen LogP contribution < -0.4 is 10.6 Å². The molecule has 2 aliphatic rings. The number of thiazole rings is 1. The molecule has 156 valence electrons. The van der Waals surface area contributed by atoms with E-state index in [0.717, 1.165) is 35.5 Å². The van der Waals surface area contributed by atoms with Crippen molar-refractivity contribution < 1.29 is 9.59 Å². The first-order valence-corrected chi connectivity index (χ1v) is 11.6. The molecule has 2 aromatic heterocycles. The Balaban J connectivity index is 1.37. The van der Waals surface area contributed by atoms with Gasteiger partial charge in [0.15, 0.2) is 10.3 Å². The average Bonchev–Trinajstić information content (AvgIpc) is 3.42. The summed E-state index contributed by atoms with van der Waals surface area (Å²) in [6.45, 7) is 1.98. The summed E-state index contributed by atoms with van der Waals surface area (Å²) >= 11 is 2.74. The number of nitrogens with zero attached hydrogens (tertiary/aromatic N) is 3. The molecule has 1 saturated carbocycles. The van der Waals surface area contributed by atoms with E-state index >= 15 is 0 Å². The first-order chi connectivity index (χ1) is 14.6. The number of carbonyl (C=O) groups excluding carboxylic acids is 2. The summed E-state index contributed by atoms with van der Waals surface area (Å²) in [5.74, 6) is 0.0236. The predicted octanol–water partition coefficient (Wildman–Crippen LogP) is 4.47. The van der Waals surface area contributed by atoms with E-state index in [1.165, 1.54) is 23.1 Å². The summed E-state index contributed by atoms with van der Waals surface area (Å²) in [5.41, 5.74) is 1.05. The van der Waals surface area contributed by atoms with Crippen LogP contribution in [0.15, 0.2) is 57.8 Å². The van der Waals surface area contributed by atoms with E-state index < -0.39 is 0 Å². The van der Waals surface area contributed by atoms with Gasteiger partial charge in [0.1, 0.15) is 5.78 Å². The van der Waals surface area contributed by atoms with Crippen LogP contribution in [0.25, 0.3) is 0 Å². The van der Waals surface area contributed by atoms with Crippen molar-refractivity contribution in [2.24, 2.45) is 11.8 Å². The highest BCUT2D eigenvalue weighted by molar-refractivity contribution is 8.01. The van der Waals surface area contributed by atoms with Crippen molar-refractivity contribution in [1.82, 2.24) is 20.3 Å². The molecular formula is C21H23N5O2S2. The summed E-state index contributed by atoms with van der Waals surface area (Å²) < 4.78 is 0.877. The SMILES string of the molecule is CC1=CC(C(=O)C2CCCC2)C(NC(=O)Nc2ncc(Sc3ncccn3)s2)C=C1. The molecule has 0 bridgehead atoms. The number of urea groups is 1. The van der Waals surface area contributed by atoms with E-state index in [-0.39, 0.29) is 29.7 Å². The predicted molar refractivity (Wildman–Crippen MR) is 118 cm³/mol. The maximum absolute atomic E-state index is 13.0. The fourth-order valence-corrected chi connectivity index (χ4v) is 5.46. The van der Waals surface area contributed by atoms with Crippen LogP contribution in [0.2, 0.25) is 0 Å². The number of aromatic nitrogens is 3. The van der Waals surface area contributed by atoms with Gasteiger partial charge in [-0.05, 0) is 37.6 Å². The molecule has 0 saturated heterocycles. The lowest BCUT2D eigenvalue weighted by Crippen LogP contribution is -2.45. The first kappa shape index (κ1) is 20.7. The molecule has 0 spiro atoms. The van der Waals surface area contributed by atoms with Crippen molar-refractivity contribution in [3.63, 3.8) is 0 Å². The van der Waals surface area contributed by atoms with Gasteiger partial charge in [0.25, 0.3) is 0 Å². The smallest absolute Gasteiger partial charge is 0.321 e. The first-order valence-electron chi connectivity index (χ1n) is 9.97. The van der Waals surface area contributed by atoms with Gasteiger partial charge >= 0.3 is 6.03 Å². The van der Waals surface area contributed by atoms with Crippen LogP contribution in [-0.4, -0.2) is 32.8 Å². The van der Waals surface area contributed by atoms with Crippen molar-refractivity contribution >= 4 is 40.0 Å². The fraction of sp³-hybridized carbons (Fsp3) is 0.381. The molecule has 4 rings (SSSR count). The van der Waals surface area contributed by atoms with Crippen LogP contribution in [0.5, 0.6) is 0 Å². The Kier molecular flexibility index (Phi) is 6.59. The Hall–Kier alpha value is -2.52. The van der Waals surface area contributed by atoms with Gasteiger partial charge in [-0.2, -0.15) is 0 Å². The average molecular weight is 442 g/mol. The number of nitrogens with one attached hydrogen (secondary N) is 2. The molecule has 2 atom stereocenters. The van der Waals surface area contributed by atoms with E-state index in [4.69, 9.17) is 0 Å². The van der Waals surface area contributed by atoms with Gasteiger partial charge in [-0.15, -0.1) is 0 Å². The second-order valence-corrected chi connectivity index (χ2v) is 9.72. The van der Waals surface area contributed by atoms with Gasteiger partial charge in [-0.3, -0.25) is 10.1 Å². The number of amides is 2. The summed E-state index contributed by atoms with van der Waals surface area (Å²) in [4.78, 5) is 38.2. The number of allylic oxidation sites excluding steroid dienone is 2. The largest absolute Gasteiger partial charge is 0.331 e. The number of hydrogen-bond donors (Lipinski definition) is 2. The molecule has 0 radical (unpaired) electrons. The van der Waals surface area contributed by atoms with Gasteiger partial charge < -0.3 is 5.32 Å². The minimum absolute atomic E-state index is 0.108. The van der Waals surface area contributed by atoms with E-state index in [1.807, 2.05) is 25.2 Å². The summed E-state index contributed by atoms with van der Waals surface area (Å²) in [6.07, 6.45) is 15.0. The molecule has 2 heterocycles. The van der Waals surface area contributed by atoms with Crippen molar-refractivity contribution in [1.29, 1.82) is 0 Å². The lowest BCUT2D eigenvalue weighted by Gasteiger charge is -2.27. The van der Waals surface area contributed by atoms with Crippen molar-refractivity contribution in [2.45, 2.75) is 48.0 Å². The Morgan fingerprint density at radius 3 is 2.70 bits per heavy atom. The van der Waals surface area contributed by atoms with Crippen molar-refractivity contribution in [3.05, 3.63) is 48.5 Å². The van der Waals surface area contributed by atoms with Gasteiger partial charge in [-0.25, -0.2) is 19.7 Å². The number of hydrogen-bond acceptors (Lipinski definition) is 7. The fourth-order valence-electron chi connectivity index (χ4n) is 3.77. The number of carbonyl (C=O) groups is 2. The van der Waals surface area contributed by atoms with Crippen LogP contribution in [-0.2, 0) is 4.79 Å². The van der Waals surface area contributed by atoms with Gasteiger partial charge in [0.2, 0.25) is 0 Å². The molecule has 2 amide bonds. The quantitative estimate of drug-likeness (QED) is 0.642. The van der Waals surface area contributed by atoms with Gasteiger partial charge in [0, 0.05) is 18.3 Å². The summed E-state index contributed by atoms with van der Waals surface area (Å²) in [7, 11) is 0. The number of anilines is 1. The van der Waals surface area contributed by atoms with Gasteiger partial charge in [-0.1, -0.05) is 48.0 Å². The van der Waals surface area contributed by atoms with Gasteiger partial charge in [0.05, 0.1) is 22.4 Å². The maximum Gasteiger partial charge on any atom is 0.321 e. The molecule has 2 N–H and O–H groups in total. The molecule has 0 aliphatic heterocycles. The summed E-state index contributed by atoms with van der Waals surface area (Å²) in [5, 5.41) is 6.81. The van der Waals surface area contributed by atoms with E-state index in [0.29, 0.717) is 10.3 Å². The van der Waals surface area contributed by atoms with Crippen LogP contribution in [0, 0.1) is 11.8 Å². The van der Waals surface area contributed by atoms with Crippen molar-refractivity contribution in [2.75, 3.05) is 5.32 Å². The lowest BCUT2D eigenvalue weighted by atomic mass is 9.82. The highest BCUT2D eigenvalue weighted by atomic mass is 32.2. The molecule has 2 aliphatic carbocycles. The third kappa shape index (κ3) is 5.14. The number of ketones is 1. The van der Waals surface area contributed by atoms with E-state index in [2.05, 4.69) is 25.6 Å². The monoisotopic (exact) mass is 441 g/mol. The lowest BCUT2D eigenvalue weighted by molar-refractivity contribution is -0.125. The Morgan fingerprint density at radius 1 is 1.17 bits per heavy atom. The third-order valence-corrected chi connectivity index (χ3v) is 7.13. The molecule has 9 heteroatoms. The van der Waals surface area contributed by atoms with E-state index in [9.17, 15) is 9.59 Å². The second-order valence-electron chi connectivity index (χ2n) is 7.42. The number of Topliss-reactive ketones (excluding diaryl/α,β-unsaturated/α-hetero) is 1.